The molecule has 1 N–H and O–H groups in total. The summed E-state index contributed by atoms with van der Waals surface area (Å²) in [5.41, 5.74) is 4.77. The molecule has 37 heavy (non-hydrogen) atoms. The zero-order valence-electron chi connectivity index (χ0n) is 22.1. The lowest BCUT2D eigenvalue weighted by atomic mass is 9.91. The number of ketones is 1. The highest BCUT2D eigenvalue weighted by atomic mass is 16.5. The molecule has 7 nitrogen and oxygen atoms in total. The molecule has 0 spiro atoms. The van der Waals surface area contributed by atoms with E-state index in [4.69, 9.17) is 4.74 Å². The number of aliphatic hydroxyl groups is 1. The van der Waals surface area contributed by atoms with E-state index >= 15 is 0 Å². The number of aliphatic hydroxyl groups excluding tert-OH is 1. The van der Waals surface area contributed by atoms with Crippen molar-refractivity contribution in [3.63, 3.8) is 0 Å². The van der Waals surface area contributed by atoms with Gasteiger partial charge in [0.2, 0.25) is 0 Å². The Labute approximate surface area is 218 Å². The van der Waals surface area contributed by atoms with Gasteiger partial charge in [-0.2, -0.15) is 0 Å². The summed E-state index contributed by atoms with van der Waals surface area (Å²) in [5, 5.41) is 11.6. The Kier molecular flexibility index (Phi) is 7.34. The highest BCUT2D eigenvalue weighted by molar-refractivity contribution is 6.46. The summed E-state index contributed by atoms with van der Waals surface area (Å²) in [6.45, 7) is 6.12. The molecule has 1 aromatic heterocycles. The summed E-state index contributed by atoms with van der Waals surface area (Å²) < 4.78 is 5.55. The van der Waals surface area contributed by atoms with E-state index in [1.54, 1.807) is 25.6 Å². The maximum atomic E-state index is 13.5. The van der Waals surface area contributed by atoms with E-state index in [1.165, 1.54) is 4.90 Å². The van der Waals surface area contributed by atoms with Gasteiger partial charge in [-0.1, -0.05) is 32.0 Å². The maximum Gasteiger partial charge on any atom is 0.295 e. The van der Waals surface area contributed by atoms with Crippen molar-refractivity contribution in [2.24, 2.45) is 0 Å². The van der Waals surface area contributed by atoms with E-state index in [1.807, 2.05) is 82.2 Å². The summed E-state index contributed by atoms with van der Waals surface area (Å²) in [4.78, 5) is 34.5. The number of aromatic nitrogens is 1. The van der Waals surface area contributed by atoms with E-state index in [9.17, 15) is 14.7 Å². The first-order valence-electron chi connectivity index (χ1n) is 12.3. The van der Waals surface area contributed by atoms with Crippen LogP contribution in [0.4, 0.5) is 5.69 Å². The van der Waals surface area contributed by atoms with Crippen molar-refractivity contribution in [3.05, 3.63) is 94.3 Å². The zero-order chi connectivity index (χ0) is 26.9. The number of methoxy groups -OCH3 is 1. The van der Waals surface area contributed by atoms with Gasteiger partial charge in [0, 0.05) is 44.3 Å². The fourth-order valence-corrected chi connectivity index (χ4v) is 4.76. The quantitative estimate of drug-likeness (QED) is 0.273. The molecule has 192 valence electrons. The van der Waals surface area contributed by atoms with Crippen molar-refractivity contribution in [1.29, 1.82) is 0 Å². The molecule has 1 aliphatic rings. The Balaban J connectivity index is 1.91. The van der Waals surface area contributed by atoms with Crippen molar-refractivity contribution < 1.29 is 19.4 Å². The van der Waals surface area contributed by atoms with Gasteiger partial charge in [0.15, 0.2) is 0 Å². The number of nitrogens with zero attached hydrogens (tertiary/aromatic N) is 3. The standard InChI is InChI=1S/C30H33N3O4/c1-18(2)23-15-24(19(3)14-25(23)37-6)28(34)26-27(21-9-11-22(12-10-21)32(4)5)33(30(36)29(26)35)17-20-8-7-13-31-16-20/h7-16,18,27,34H,17H2,1-6H3/b28-26+. The molecule has 0 bridgehead atoms. The van der Waals surface area contributed by atoms with E-state index in [2.05, 4.69) is 4.98 Å². The molecule has 1 amide bonds. The predicted molar refractivity (Wildman–Crippen MR) is 145 cm³/mol. The average molecular weight is 500 g/mol. The Bertz CT molecular complexity index is 1350. The molecule has 1 saturated heterocycles. The Morgan fingerprint density at radius 2 is 1.84 bits per heavy atom. The van der Waals surface area contributed by atoms with Crippen molar-refractivity contribution in [2.75, 3.05) is 26.1 Å². The first-order chi connectivity index (χ1) is 17.6. The first kappa shape index (κ1) is 25.9. The Morgan fingerprint density at radius 3 is 2.41 bits per heavy atom. The van der Waals surface area contributed by atoms with Crippen LogP contribution < -0.4 is 9.64 Å². The van der Waals surface area contributed by atoms with Crippen LogP contribution in [0, 0.1) is 6.92 Å². The molecule has 2 aromatic carbocycles. The molecule has 1 unspecified atom stereocenters. The molecule has 3 aromatic rings. The van der Waals surface area contributed by atoms with Crippen LogP contribution in [0.5, 0.6) is 5.75 Å². The van der Waals surface area contributed by atoms with Gasteiger partial charge in [0.25, 0.3) is 11.7 Å². The second-order valence-corrected chi connectivity index (χ2v) is 9.84. The van der Waals surface area contributed by atoms with Crippen molar-refractivity contribution in [3.8, 4) is 5.75 Å². The fraction of sp³-hybridized carbons (Fsp3) is 0.300. The predicted octanol–water partition coefficient (Wildman–Crippen LogP) is 5.21. The average Bonchev–Trinajstić information content (AvgIpc) is 3.13. The molecule has 1 fully saturated rings. The van der Waals surface area contributed by atoms with Gasteiger partial charge < -0.3 is 19.6 Å². The number of likely N-dealkylation sites (tertiary alicyclic amines) is 1. The minimum atomic E-state index is -0.750. The highest BCUT2D eigenvalue weighted by Gasteiger charge is 2.46. The Morgan fingerprint density at radius 1 is 1.14 bits per heavy atom. The summed E-state index contributed by atoms with van der Waals surface area (Å²) in [6, 6.07) is 14.3. The molecule has 1 aliphatic heterocycles. The summed E-state index contributed by atoms with van der Waals surface area (Å²) in [6.07, 6.45) is 3.34. The van der Waals surface area contributed by atoms with Crippen LogP contribution in [0.1, 0.15) is 53.6 Å². The molecular formula is C30H33N3O4. The van der Waals surface area contributed by atoms with Crippen LogP contribution in [-0.4, -0.2) is 47.9 Å². The largest absolute Gasteiger partial charge is 0.507 e. The van der Waals surface area contributed by atoms with Crippen LogP contribution in [0.25, 0.3) is 5.76 Å². The molecular weight excluding hydrogens is 466 g/mol. The second-order valence-electron chi connectivity index (χ2n) is 9.84. The number of carbonyl (C=O) groups excluding carboxylic acids is 2. The third kappa shape index (κ3) is 4.94. The second kappa shape index (κ2) is 10.5. The number of anilines is 1. The summed E-state index contributed by atoms with van der Waals surface area (Å²) in [5.74, 6) is -0.691. The number of hydrogen-bond acceptors (Lipinski definition) is 6. The van der Waals surface area contributed by atoms with Gasteiger partial charge in [-0.25, -0.2) is 0 Å². The SMILES string of the molecule is COc1cc(C)c(/C(O)=C2\C(=O)C(=O)N(Cc3cccnc3)C2c2ccc(N(C)C)cc2)cc1C(C)C. The number of carbonyl (C=O) groups is 2. The molecule has 1 atom stereocenters. The number of ether oxygens (including phenoxy) is 1. The van der Waals surface area contributed by atoms with Crippen LogP contribution in [0.15, 0.2) is 66.5 Å². The number of amides is 1. The Hall–Kier alpha value is -4.13. The molecule has 0 saturated carbocycles. The minimum absolute atomic E-state index is 0.0782. The molecule has 0 radical (unpaired) electrons. The fourth-order valence-electron chi connectivity index (χ4n) is 4.76. The maximum absolute atomic E-state index is 13.5. The number of pyridine rings is 1. The highest BCUT2D eigenvalue weighted by Crippen LogP contribution is 2.42. The zero-order valence-corrected chi connectivity index (χ0v) is 22.1. The van der Waals surface area contributed by atoms with Crippen LogP contribution in [0.3, 0.4) is 0 Å². The van der Waals surface area contributed by atoms with Gasteiger partial charge in [-0.15, -0.1) is 0 Å². The third-order valence-corrected chi connectivity index (χ3v) is 6.79. The van der Waals surface area contributed by atoms with E-state index in [0.717, 1.165) is 33.7 Å². The van der Waals surface area contributed by atoms with Crippen molar-refractivity contribution >= 4 is 23.1 Å². The molecule has 4 rings (SSSR count). The summed E-state index contributed by atoms with van der Waals surface area (Å²) >= 11 is 0. The number of rotatable bonds is 7. The lowest BCUT2D eigenvalue weighted by Crippen LogP contribution is -2.29. The number of hydrogen-bond donors (Lipinski definition) is 1. The third-order valence-electron chi connectivity index (χ3n) is 6.79. The van der Waals surface area contributed by atoms with Crippen LogP contribution in [-0.2, 0) is 16.1 Å². The minimum Gasteiger partial charge on any atom is -0.507 e. The van der Waals surface area contributed by atoms with E-state index in [-0.39, 0.29) is 23.8 Å². The normalized spacial score (nSPS) is 16.9. The smallest absolute Gasteiger partial charge is 0.295 e. The molecule has 0 aliphatic carbocycles. The van der Waals surface area contributed by atoms with Gasteiger partial charge in [-0.05, 0) is 65.4 Å². The molecule has 2 heterocycles. The van der Waals surface area contributed by atoms with Gasteiger partial charge in [0.1, 0.15) is 11.5 Å². The van der Waals surface area contributed by atoms with E-state index in [0.29, 0.717) is 5.56 Å². The lowest BCUT2D eigenvalue weighted by Gasteiger charge is -2.26. The van der Waals surface area contributed by atoms with Gasteiger partial charge >= 0.3 is 0 Å². The van der Waals surface area contributed by atoms with Crippen molar-refractivity contribution in [2.45, 2.75) is 39.3 Å². The van der Waals surface area contributed by atoms with Crippen LogP contribution in [0.2, 0.25) is 0 Å². The topological polar surface area (TPSA) is 83.0 Å². The monoisotopic (exact) mass is 499 g/mol. The number of aryl methyl sites for hydroxylation is 1. The van der Waals surface area contributed by atoms with Gasteiger partial charge in [-0.3, -0.25) is 14.6 Å². The van der Waals surface area contributed by atoms with Crippen molar-refractivity contribution in [1.82, 2.24) is 9.88 Å². The first-order valence-corrected chi connectivity index (χ1v) is 12.3. The van der Waals surface area contributed by atoms with Gasteiger partial charge in [0.05, 0.1) is 18.7 Å². The van der Waals surface area contributed by atoms with Crippen LogP contribution >= 0.6 is 0 Å². The lowest BCUT2D eigenvalue weighted by molar-refractivity contribution is -0.140. The van der Waals surface area contributed by atoms with E-state index < -0.39 is 17.7 Å². The summed E-state index contributed by atoms with van der Waals surface area (Å²) in [7, 11) is 5.51. The molecule has 7 heteroatoms. The number of Topliss-reactive ketones (excluding diaryl/α,β-unsaturated/α-hetero) is 1. The number of benzene rings is 2.